The van der Waals surface area contributed by atoms with Crippen molar-refractivity contribution in [1.29, 1.82) is 0 Å². The predicted molar refractivity (Wildman–Crippen MR) is 77.9 cm³/mol. The maximum atomic E-state index is 4.51. The van der Waals surface area contributed by atoms with Crippen LogP contribution in [0.3, 0.4) is 0 Å². The lowest BCUT2D eigenvalue weighted by Crippen LogP contribution is -2.38. The van der Waals surface area contributed by atoms with Crippen LogP contribution in [0.5, 0.6) is 0 Å². The van der Waals surface area contributed by atoms with Crippen molar-refractivity contribution in [2.75, 3.05) is 19.6 Å². The molecule has 1 aromatic heterocycles. The van der Waals surface area contributed by atoms with E-state index in [-0.39, 0.29) is 0 Å². The van der Waals surface area contributed by atoms with Crippen LogP contribution in [0.4, 0.5) is 0 Å². The van der Waals surface area contributed by atoms with E-state index in [4.69, 9.17) is 0 Å². The molecule has 4 heteroatoms. The Morgan fingerprint density at radius 2 is 2.32 bits per heavy atom. The van der Waals surface area contributed by atoms with Crippen molar-refractivity contribution in [3.63, 3.8) is 0 Å². The van der Waals surface area contributed by atoms with Crippen molar-refractivity contribution in [2.45, 2.75) is 46.2 Å². The first-order chi connectivity index (χ1) is 9.13. The Morgan fingerprint density at radius 3 is 3.05 bits per heavy atom. The predicted octanol–water partition coefficient (Wildman–Crippen LogP) is 2.00. The Bertz CT molecular complexity index is 391. The highest BCUT2D eigenvalue weighted by molar-refractivity contribution is 5.01. The van der Waals surface area contributed by atoms with Gasteiger partial charge in [-0.05, 0) is 44.8 Å². The number of nitrogens with zero attached hydrogens (tertiary/aromatic N) is 3. The smallest absolute Gasteiger partial charge is 0.125 e. The maximum Gasteiger partial charge on any atom is 0.125 e. The number of hydrogen-bond acceptors (Lipinski definition) is 4. The fourth-order valence-corrected chi connectivity index (χ4v) is 2.77. The molecule has 0 amide bonds. The molecule has 2 rings (SSSR count). The highest BCUT2D eigenvalue weighted by Gasteiger charge is 2.18. The lowest BCUT2D eigenvalue weighted by molar-refractivity contribution is 0.245. The molecule has 0 spiro atoms. The van der Waals surface area contributed by atoms with Crippen LogP contribution in [0.1, 0.15) is 38.2 Å². The van der Waals surface area contributed by atoms with E-state index in [2.05, 4.69) is 34.0 Å². The largest absolute Gasteiger partial charge is 0.313 e. The molecule has 2 heterocycles. The number of nitrogens with one attached hydrogen (secondary N) is 1. The van der Waals surface area contributed by atoms with Crippen molar-refractivity contribution >= 4 is 0 Å². The summed E-state index contributed by atoms with van der Waals surface area (Å²) in [5.74, 6) is 1.61. The van der Waals surface area contributed by atoms with Crippen molar-refractivity contribution in [3.05, 3.63) is 23.8 Å². The minimum atomic E-state index is 0.616. The summed E-state index contributed by atoms with van der Waals surface area (Å²) >= 11 is 0. The third-order valence-electron chi connectivity index (χ3n) is 3.54. The van der Waals surface area contributed by atoms with Gasteiger partial charge in [0, 0.05) is 25.3 Å². The highest BCUT2D eigenvalue weighted by Crippen LogP contribution is 2.11. The van der Waals surface area contributed by atoms with Gasteiger partial charge >= 0.3 is 0 Å². The van der Waals surface area contributed by atoms with Crippen LogP contribution in [-0.2, 0) is 6.54 Å². The average molecular weight is 262 g/mol. The van der Waals surface area contributed by atoms with Crippen LogP contribution < -0.4 is 5.32 Å². The van der Waals surface area contributed by atoms with Gasteiger partial charge in [-0.15, -0.1) is 0 Å². The van der Waals surface area contributed by atoms with Crippen molar-refractivity contribution in [2.24, 2.45) is 5.92 Å². The zero-order valence-corrected chi connectivity index (χ0v) is 12.4. The van der Waals surface area contributed by atoms with E-state index in [1.54, 1.807) is 0 Å². The van der Waals surface area contributed by atoms with Gasteiger partial charge < -0.3 is 5.32 Å². The molecule has 1 aliphatic rings. The second-order valence-corrected chi connectivity index (χ2v) is 5.96. The maximum absolute atomic E-state index is 4.51. The van der Waals surface area contributed by atoms with Gasteiger partial charge in [-0.25, -0.2) is 9.97 Å². The Labute approximate surface area is 116 Å². The van der Waals surface area contributed by atoms with E-state index in [0.29, 0.717) is 6.04 Å². The van der Waals surface area contributed by atoms with Gasteiger partial charge in [0.1, 0.15) is 5.82 Å². The van der Waals surface area contributed by atoms with Crippen LogP contribution in [0, 0.1) is 12.8 Å². The van der Waals surface area contributed by atoms with Gasteiger partial charge in [0.2, 0.25) is 0 Å². The van der Waals surface area contributed by atoms with Crippen molar-refractivity contribution < 1.29 is 0 Å². The Kier molecular flexibility index (Phi) is 5.28. The fourth-order valence-electron chi connectivity index (χ4n) is 2.77. The van der Waals surface area contributed by atoms with Crippen LogP contribution >= 0.6 is 0 Å². The molecule has 0 aromatic carbocycles. The summed E-state index contributed by atoms with van der Waals surface area (Å²) in [6, 6.07) is 2.65. The number of aromatic nitrogens is 2. The molecule has 19 heavy (non-hydrogen) atoms. The zero-order chi connectivity index (χ0) is 13.7. The highest BCUT2D eigenvalue weighted by atomic mass is 15.2. The van der Waals surface area contributed by atoms with Gasteiger partial charge in [-0.1, -0.05) is 13.8 Å². The normalized spacial score (nSPS) is 21.6. The van der Waals surface area contributed by atoms with Crippen LogP contribution in [0.25, 0.3) is 0 Å². The molecule has 0 bridgehead atoms. The van der Waals surface area contributed by atoms with E-state index < -0.39 is 0 Å². The van der Waals surface area contributed by atoms with Gasteiger partial charge in [0.05, 0.1) is 5.69 Å². The fraction of sp³-hybridized carbons (Fsp3) is 0.733. The zero-order valence-electron chi connectivity index (χ0n) is 12.4. The summed E-state index contributed by atoms with van der Waals surface area (Å²) in [6.45, 7) is 10.9. The van der Waals surface area contributed by atoms with Crippen LogP contribution in [0.15, 0.2) is 12.3 Å². The lowest BCUT2D eigenvalue weighted by atomic mass is 10.0. The molecule has 1 fully saturated rings. The van der Waals surface area contributed by atoms with Gasteiger partial charge in [0.25, 0.3) is 0 Å². The van der Waals surface area contributed by atoms with Gasteiger partial charge in [-0.3, -0.25) is 4.90 Å². The van der Waals surface area contributed by atoms with Crippen molar-refractivity contribution in [1.82, 2.24) is 20.2 Å². The topological polar surface area (TPSA) is 41.1 Å². The molecule has 1 N–H and O–H groups in total. The first kappa shape index (κ1) is 14.4. The van der Waals surface area contributed by atoms with Gasteiger partial charge in [0.15, 0.2) is 0 Å². The minimum absolute atomic E-state index is 0.616. The molecule has 1 aliphatic heterocycles. The first-order valence-corrected chi connectivity index (χ1v) is 7.37. The monoisotopic (exact) mass is 262 g/mol. The molecule has 1 aromatic rings. The molecular weight excluding hydrogens is 236 g/mol. The summed E-state index contributed by atoms with van der Waals surface area (Å²) in [6.07, 6.45) is 4.33. The van der Waals surface area contributed by atoms with E-state index in [1.165, 1.54) is 12.8 Å². The molecule has 0 radical (unpaired) electrons. The van der Waals surface area contributed by atoms with E-state index in [0.717, 1.165) is 43.6 Å². The first-order valence-electron chi connectivity index (χ1n) is 7.37. The van der Waals surface area contributed by atoms with Gasteiger partial charge in [-0.2, -0.15) is 0 Å². The summed E-state index contributed by atoms with van der Waals surface area (Å²) in [5.41, 5.74) is 1.14. The Morgan fingerprint density at radius 1 is 1.47 bits per heavy atom. The molecule has 0 saturated carbocycles. The standard InChI is InChI=1S/C15H26N4/c1-12(2)9-15-11-19(8-4-6-17-15)10-14-5-7-16-13(3)18-14/h5,7,12,15,17H,4,6,8-11H2,1-3H3. The third kappa shape index (κ3) is 4.88. The number of hydrogen-bond donors (Lipinski definition) is 1. The van der Waals surface area contributed by atoms with Crippen molar-refractivity contribution in [3.8, 4) is 0 Å². The molecule has 106 valence electrons. The third-order valence-corrected chi connectivity index (χ3v) is 3.54. The second-order valence-electron chi connectivity index (χ2n) is 5.96. The quantitative estimate of drug-likeness (QED) is 0.901. The molecule has 1 saturated heterocycles. The molecule has 4 nitrogen and oxygen atoms in total. The van der Waals surface area contributed by atoms with Crippen LogP contribution in [0.2, 0.25) is 0 Å². The van der Waals surface area contributed by atoms with E-state index >= 15 is 0 Å². The molecular formula is C15H26N4. The summed E-state index contributed by atoms with van der Waals surface area (Å²) in [7, 11) is 0. The SMILES string of the molecule is Cc1nccc(CN2CCCNC(CC(C)C)C2)n1. The van der Waals surface area contributed by atoms with E-state index in [1.807, 2.05) is 19.2 Å². The minimum Gasteiger partial charge on any atom is -0.313 e. The molecule has 1 unspecified atom stereocenters. The second kappa shape index (κ2) is 6.96. The average Bonchev–Trinajstić information content (AvgIpc) is 2.53. The summed E-state index contributed by atoms with van der Waals surface area (Å²) < 4.78 is 0. The number of aryl methyl sites for hydroxylation is 1. The Hall–Kier alpha value is -1.00. The Balaban J connectivity index is 1.94. The van der Waals surface area contributed by atoms with Crippen LogP contribution in [-0.4, -0.2) is 40.5 Å². The molecule has 1 atom stereocenters. The molecule has 0 aliphatic carbocycles. The van der Waals surface area contributed by atoms with E-state index in [9.17, 15) is 0 Å². The lowest BCUT2D eigenvalue weighted by Gasteiger charge is -2.25. The summed E-state index contributed by atoms with van der Waals surface area (Å²) in [5, 5.41) is 3.67. The summed E-state index contributed by atoms with van der Waals surface area (Å²) in [4.78, 5) is 11.2. The number of rotatable bonds is 4.